The van der Waals surface area contributed by atoms with Crippen LogP contribution in [0, 0.1) is 0 Å². The van der Waals surface area contributed by atoms with Crippen molar-refractivity contribution in [1.82, 2.24) is 9.72 Å². The van der Waals surface area contributed by atoms with Gasteiger partial charge in [-0.3, -0.25) is 0 Å². The molecule has 0 radical (unpaired) electrons. The first-order chi connectivity index (χ1) is 10.7. The topological polar surface area (TPSA) is 60.2 Å². The fraction of sp³-hybridized carbons (Fsp3) is 0.353. The van der Waals surface area contributed by atoms with Gasteiger partial charge in [-0.15, -0.1) is 0 Å². The number of nitrogens with zero attached hydrogens (tertiary/aromatic N) is 3. The van der Waals surface area contributed by atoms with Gasteiger partial charge < -0.3 is 19.7 Å². The van der Waals surface area contributed by atoms with E-state index in [9.17, 15) is 0 Å². The molecule has 112 valence electrons. The van der Waals surface area contributed by atoms with Crippen LogP contribution in [0.5, 0.6) is 0 Å². The van der Waals surface area contributed by atoms with E-state index >= 15 is 0 Å². The zero-order chi connectivity index (χ0) is 14.8. The van der Waals surface area contributed by atoms with Crippen LogP contribution >= 0.6 is 0 Å². The standard InChI is InChI=1S/C17H18N4O/c1-20-16-11(13-9-14(18)22-19-13)3-2-4-12(16)15-10-5-7-21(8-6-10)17(15)20/h2-4,9-10H,5-8,18H2,1H3. The molecule has 2 N–H and O–H groups in total. The van der Waals surface area contributed by atoms with Crippen molar-refractivity contribution in [2.75, 3.05) is 23.7 Å². The maximum absolute atomic E-state index is 5.71. The number of benzene rings is 1. The molecule has 3 aliphatic rings. The minimum absolute atomic E-state index is 0.356. The first kappa shape index (κ1) is 12.1. The van der Waals surface area contributed by atoms with Crippen molar-refractivity contribution < 1.29 is 4.52 Å². The molecule has 22 heavy (non-hydrogen) atoms. The van der Waals surface area contributed by atoms with E-state index in [0.29, 0.717) is 11.8 Å². The van der Waals surface area contributed by atoms with Crippen molar-refractivity contribution >= 4 is 22.6 Å². The van der Waals surface area contributed by atoms with Gasteiger partial charge in [-0.2, -0.15) is 0 Å². The van der Waals surface area contributed by atoms with Crippen LogP contribution in [0.25, 0.3) is 22.2 Å². The van der Waals surface area contributed by atoms with Crippen LogP contribution in [0.3, 0.4) is 0 Å². The molecule has 0 spiro atoms. The number of aryl methyl sites for hydroxylation is 1. The third kappa shape index (κ3) is 1.41. The Morgan fingerprint density at radius 2 is 2.09 bits per heavy atom. The smallest absolute Gasteiger partial charge is 0.222 e. The van der Waals surface area contributed by atoms with Gasteiger partial charge in [0.2, 0.25) is 5.88 Å². The van der Waals surface area contributed by atoms with E-state index in [1.54, 1.807) is 6.07 Å². The van der Waals surface area contributed by atoms with Crippen LogP contribution in [-0.2, 0) is 7.05 Å². The van der Waals surface area contributed by atoms with Crippen LogP contribution in [-0.4, -0.2) is 22.8 Å². The summed E-state index contributed by atoms with van der Waals surface area (Å²) in [6.45, 7) is 2.35. The highest BCUT2D eigenvalue weighted by Gasteiger charge is 2.35. The molecule has 5 heteroatoms. The number of nitrogens with two attached hydrogens (primary N) is 1. The maximum Gasteiger partial charge on any atom is 0.222 e. The molecule has 0 amide bonds. The summed E-state index contributed by atoms with van der Waals surface area (Å²) in [7, 11) is 2.16. The van der Waals surface area contributed by atoms with Gasteiger partial charge >= 0.3 is 0 Å². The minimum atomic E-state index is 0.356. The first-order valence-electron chi connectivity index (χ1n) is 7.83. The first-order valence-corrected chi connectivity index (χ1v) is 7.83. The SMILES string of the molecule is Cn1c2c(c3cccc(-c4cc(N)on4)c31)C1CCN2CC1. The highest BCUT2D eigenvalue weighted by molar-refractivity contribution is 6.00. The third-order valence-corrected chi connectivity index (χ3v) is 5.23. The van der Waals surface area contributed by atoms with Gasteiger partial charge in [-0.05, 0) is 18.8 Å². The van der Waals surface area contributed by atoms with Gasteiger partial charge in [0.1, 0.15) is 11.5 Å². The summed E-state index contributed by atoms with van der Waals surface area (Å²) in [6.07, 6.45) is 2.54. The molecule has 1 saturated heterocycles. The van der Waals surface area contributed by atoms with E-state index in [0.717, 1.165) is 11.3 Å². The molecule has 0 atom stereocenters. The highest BCUT2D eigenvalue weighted by Crippen LogP contribution is 2.48. The quantitative estimate of drug-likeness (QED) is 0.749. The third-order valence-electron chi connectivity index (χ3n) is 5.23. The molecule has 5 nitrogen and oxygen atoms in total. The lowest BCUT2D eigenvalue weighted by Crippen LogP contribution is -2.39. The predicted molar refractivity (Wildman–Crippen MR) is 87.0 cm³/mol. The average Bonchev–Trinajstić information content (AvgIpc) is 3.12. The molecule has 3 aliphatic heterocycles. The summed E-state index contributed by atoms with van der Waals surface area (Å²) in [6, 6.07) is 8.25. The Kier molecular flexibility index (Phi) is 2.24. The second-order valence-corrected chi connectivity index (χ2v) is 6.37. The number of para-hydroxylation sites is 1. The van der Waals surface area contributed by atoms with Crippen LogP contribution < -0.4 is 10.6 Å². The van der Waals surface area contributed by atoms with Crippen molar-refractivity contribution in [3.63, 3.8) is 0 Å². The van der Waals surface area contributed by atoms with Crippen molar-refractivity contribution in [2.45, 2.75) is 18.8 Å². The lowest BCUT2D eigenvalue weighted by molar-refractivity contribution is 0.439. The Bertz CT molecular complexity index is 884. The molecule has 2 aromatic heterocycles. The zero-order valence-electron chi connectivity index (χ0n) is 12.5. The number of hydrogen-bond acceptors (Lipinski definition) is 4. The van der Waals surface area contributed by atoms with Gasteiger partial charge in [0.15, 0.2) is 0 Å². The molecule has 0 saturated carbocycles. The van der Waals surface area contributed by atoms with Gasteiger partial charge in [-0.1, -0.05) is 23.4 Å². The maximum atomic E-state index is 5.71. The van der Waals surface area contributed by atoms with E-state index in [2.05, 4.69) is 39.9 Å². The Balaban J connectivity index is 1.86. The minimum Gasteiger partial charge on any atom is -0.368 e. The lowest BCUT2D eigenvalue weighted by Gasteiger charge is -2.41. The molecule has 3 aromatic rings. The fourth-order valence-corrected chi connectivity index (χ4v) is 4.32. The summed E-state index contributed by atoms with van der Waals surface area (Å²) in [4.78, 5) is 2.52. The van der Waals surface area contributed by atoms with Crippen molar-refractivity contribution in [1.29, 1.82) is 0 Å². The average molecular weight is 294 g/mol. The number of nitrogen functional groups attached to an aromatic ring is 1. The second-order valence-electron chi connectivity index (χ2n) is 6.37. The molecule has 1 fully saturated rings. The molecule has 2 bridgehead atoms. The van der Waals surface area contributed by atoms with E-state index in [-0.39, 0.29) is 0 Å². The molecular weight excluding hydrogens is 276 g/mol. The van der Waals surface area contributed by atoms with Crippen LogP contribution in [0.2, 0.25) is 0 Å². The highest BCUT2D eigenvalue weighted by atomic mass is 16.5. The van der Waals surface area contributed by atoms with Gasteiger partial charge in [0.05, 0.1) is 5.52 Å². The summed E-state index contributed by atoms with van der Waals surface area (Å²) in [5.41, 5.74) is 10.4. The molecule has 1 aromatic carbocycles. The lowest BCUT2D eigenvalue weighted by atomic mass is 9.84. The Labute approximate surface area is 128 Å². The van der Waals surface area contributed by atoms with Crippen molar-refractivity contribution in [2.24, 2.45) is 7.05 Å². The number of rotatable bonds is 1. The molecule has 5 heterocycles. The van der Waals surface area contributed by atoms with Gasteiger partial charge in [0.25, 0.3) is 0 Å². The summed E-state index contributed by atoms with van der Waals surface area (Å²) in [5.74, 6) is 2.44. The normalized spacial score (nSPS) is 17.4. The van der Waals surface area contributed by atoms with Crippen molar-refractivity contribution in [3.8, 4) is 11.3 Å². The van der Waals surface area contributed by atoms with E-state index in [4.69, 9.17) is 10.3 Å². The van der Waals surface area contributed by atoms with E-state index in [1.165, 1.54) is 48.2 Å². The van der Waals surface area contributed by atoms with Crippen LogP contribution in [0.1, 0.15) is 24.3 Å². The number of fused-ring (bicyclic) bond motifs is 3. The van der Waals surface area contributed by atoms with E-state index < -0.39 is 0 Å². The summed E-state index contributed by atoms with van der Waals surface area (Å²) >= 11 is 0. The van der Waals surface area contributed by atoms with Crippen LogP contribution in [0.4, 0.5) is 11.7 Å². The number of piperidine rings is 1. The molecule has 0 aliphatic carbocycles. The summed E-state index contributed by atoms with van der Waals surface area (Å²) < 4.78 is 7.40. The number of hydrogen-bond donors (Lipinski definition) is 1. The number of anilines is 2. The molecule has 6 rings (SSSR count). The van der Waals surface area contributed by atoms with E-state index in [1.807, 2.05) is 0 Å². The summed E-state index contributed by atoms with van der Waals surface area (Å²) in [5, 5.41) is 5.46. The second kappa shape index (κ2) is 4.06. The Morgan fingerprint density at radius 1 is 1.27 bits per heavy atom. The number of aromatic nitrogens is 2. The van der Waals surface area contributed by atoms with Gasteiger partial charge in [0, 0.05) is 42.7 Å². The zero-order valence-corrected chi connectivity index (χ0v) is 12.5. The van der Waals surface area contributed by atoms with Crippen molar-refractivity contribution in [3.05, 3.63) is 29.8 Å². The fourth-order valence-electron chi connectivity index (χ4n) is 4.32. The van der Waals surface area contributed by atoms with Crippen LogP contribution in [0.15, 0.2) is 28.8 Å². The molecular formula is C17H18N4O. The Morgan fingerprint density at radius 3 is 2.82 bits per heavy atom. The van der Waals surface area contributed by atoms with Gasteiger partial charge in [-0.25, -0.2) is 0 Å². The predicted octanol–water partition coefficient (Wildman–Crippen LogP) is 3.11. The Hall–Kier alpha value is -2.43. The molecule has 0 unspecified atom stereocenters. The monoisotopic (exact) mass is 294 g/mol. The largest absolute Gasteiger partial charge is 0.368 e.